The third-order valence-corrected chi connectivity index (χ3v) is 4.68. The summed E-state index contributed by atoms with van der Waals surface area (Å²) in [6, 6.07) is 7.38. The van der Waals surface area contributed by atoms with E-state index in [9.17, 15) is 9.59 Å². The molecule has 0 radical (unpaired) electrons. The molecule has 0 aliphatic heterocycles. The van der Waals surface area contributed by atoms with Crippen molar-refractivity contribution < 1.29 is 0 Å². The van der Waals surface area contributed by atoms with Crippen LogP contribution in [-0.2, 0) is 13.6 Å². The largest absolute Gasteiger partial charge is 0.332 e. The molecule has 0 fully saturated rings. The average molecular weight is 358 g/mol. The predicted octanol–water partition coefficient (Wildman–Crippen LogP) is 2.12. The Morgan fingerprint density at radius 2 is 1.84 bits per heavy atom. The molecule has 0 unspecified atom stereocenters. The van der Waals surface area contributed by atoms with Crippen molar-refractivity contribution in [2.24, 2.45) is 7.05 Å². The molecule has 0 amide bonds. The molecule has 0 saturated carbocycles. The number of halogens is 1. The van der Waals surface area contributed by atoms with Gasteiger partial charge in [-0.3, -0.25) is 22.9 Å². The highest BCUT2D eigenvalue weighted by atomic mass is 35.5. The lowest BCUT2D eigenvalue weighted by Gasteiger charge is -2.06. The Labute approximate surface area is 147 Å². The van der Waals surface area contributed by atoms with Crippen molar-refractivity contribution in [3.05, 3.63) is 62.0 Å². The lowest BCUT2D eigenvalue weighted by molar-refractivity contribution is 0.637. The van der Waals surface area contributed by atoms with E-state index in [1.54, 1.807) is 30.5 Å². The molecule has 1 aromatic carbocycles. The van der Waals surface area contributed by atoms with Crippen LogP contribution in [0, 0.1) is 6.92 Å². The number of benzene rings is 1. The van der Waals surface area contributed by atoms with E-state index in [-0.39, 0.29) is 11.2 Å². The third-order valence-electron chi connectivity index (χ3n) is 4.43. The Hall–Kier alpha value is -2.80. The van der Waals surface area contributed by atoms with Gasteiger partial charge in [-0.2, -0.15) is 4.98 Å². The second kappa shape index (κ2) is 5.35. The molecule has 0 aliphatic carbocycles. The molecule has 128 valence electrons. The lowest BCUT2D eigenvalue weighted by Crippen LogP contribution is -2.38. The van der Waals surface area contributed by atoms with Gasteiger partial charge < -0.3 is 0 Å². The molecular weight excluding hydrogens is 342 g/mol. The fourth-order valence-electron chi connectivity index (χ4n) is 3.20. The maximum atomic E-state index is 12.8. The number of hydrogen-bond donors (Lipinski definition) is 0. The first-order valence-electron chi connectivity index (χ1n) is 7.90. The van der Waals surface area contributed by atoms with Crippen LogP contribution in [0.1, 0.15) is 12.6 Å². The van der Waals surface area contributed by atoms with Crippen molar-refractivity contribution in [2.75, 3.05) is 0 Å². The van der Waals surface area contributed by atoms with Gasteiger partial charge in [0.05, 0.1) is 0 Å². The molecule has 4 aromatic rings. The van der Waals surface area contributed by atoms with Gasteiger partial charge in [0.2, 0.25) is 5.78 Å². The fraction of sp³-hybridized carbons (Fsp3) is 0.235. The quantitative estimate of drug-likeness (QED) is 0.552. The second-order valence-electron chi connectivity index (χ2n) is 5.93. The summed E-state index contributed by atoms with van der Waals surface area (Å²) in [4.78, 5) is 29.7. The summed E-state index contributed by atoms with van der Waals surface area (Å²) in [5.41, 5.74) is 1.88. The maximum Gasteiger partial charge on any atom is 0.332 e. The molecule has 25 heavy (non-hydrogen) atoms. The van der Waals surface area contributed by atoms with Crippen molar-refractivity contribution in [1.82, 2.24) is 23.1 Å². The Morgan fingerprint density at radius 3 is 2.48 bits per heavy atom. The summed E-state index contributed by atoms with van der Waals surface area (Å²) in [5.74, 6) is 0.579. The molecule has 0 bridgehead atoms. The number of fused-ring (bicyclic) bond motifs is 3. The molecule has 0 spiro atoms. The van der Waals surface area contributed by atoms with E-state index in [1.807, 2.05) is 29.8 Å². The molecular formula is C17H16ClN5O2. The minimum absolute atomic E-state index is 0.311. The number of rotatable bonds is 2. The van der Waals surface area contributed by atoms with Crippen molar-refractivity contribution in [2.45, 2.75) is 20.4 Å². The Bertz CT molecular complexity index is 1240. The van der Waals surface area contributed by atoms with Gasteiger partial charge >= 0.3 is 5.69 Å². The van der Waals surface area contributed by atoms with E-state index in [4.69, 9.17) is 11.6 Å². The van der Waals surface area contributed by atoms with Crippen molar-refractivity contribution >= 4 is 28.5 Å². The topological polar surface area (TPSA) is 66.2 Å². The molecule has 3 heterocycles. The Balaban J connectivity index is 2.17. The van der Waals surface area contributed by atoms with Gasteiger partial charge in [-0.05, 0) is 38.1 Å². The number of imidazole rings is 2. The average Bonchev–Trinajstić information content (AvgIpc) is 3.09. The molecule has 0 saturated heterocycles. The molecule has 3 aromatic heterocycles. The minimum Gasteiger partial charge on any atom is -0.283 e. The van der Waals surface area contributed by atoms with Gasteiger partial charge in [-0.25, -0.2) is 4.79 Å². The van der Waals surface area contributed by atoms with E-state index in [0.29, 0.717) is 28.5 Å². The highest BCUT2D eigenvalue weighted by molar-refractivity contribution is 6.30. The van der Waals surface area contributed by atoms with Gasteiger partial charge in [0, 0.05) is 36.2 Å². The van der Waals surface area contributed by atoms with Crippen LogP contribution in [0.25, 0.3) is 22.6 Å². The molecule has 0 atom stereocenters. The van der Waals surface area contributed by atoms with Crippen molar-refractivity contribution in [1.29, 1.82) is 0 Å². The van der Waals surface area contributed by atoms with Crippen molar-refractivity contribution in [3.63, 3.8) is 0 Å². The second-order valence-corrected chi connectivity index (χ2v) is 6.36. The zero-order chi connectivity index (χ0) is 17.9. The lowest BCUT2D eigenvalue weighted by atomic mass is 10.3. The highest BCUT2D eigenvalue weighted by Gasteiger charge is 2.20. The Kier molecular flexibility index (Phi) is 3.36. The summed E-state index contributed by atoms with van der Waals surface area (Å²) in [7, 11) is 1.63. The SMILES string of the molecule is CCn1c(=O)c2c(nc3n(-c4ccc(Cl)cc4)c(C)cn23)n(C)c1=O. The summed E-state index contributed by atoms with van der Waals surface area (Å²) < 4.78 is 6.30. The van der Waals surface area contributed by atoms with E-state index in [1.165, 1.54) is 9.13 Å². The molecule has 0 aliphatic rings. The van der Waals surface area contributed by atoms with E-state index >= 15 is 0 Å². The summed E-state index contributed by atoms with van der Waals surface area (Å²) in [6.07, 6.45) is 1.85. The number of aryl methyl sites for hydroxylation is 2. The molecule has 7 nitrogen and oxygen atoms in total. The monoisotopic (exact) mass is 357 g/mol. The summed E-state index contributed by atoms with van der Waals surface area (Å²) in [5, 5.41) is 0.645. The van der Waals surface area contributed by atoms with Gasteiger partial charge in [0.15, 0.2) is 11.2 Å². The van der Waals surface area contributed by atoms with E-state index in [0.717, 1.165) is 11.4 Å². The zero-order valence-electron chi connectivity index (χ0n) is 14.0. The highest BCUT2D eigenvalue weighted by Crippen LogP contribution is 2.22. The smallest absolute Gasteiger partial charge is 0.283 e. The number of nitrogens with zero attached hydrogens (tertiary/aromatic N) is 5. The maximum absolute atomic E-state index is 12.8. The van der Waals surface area contributed by atoms with Gasteiger partial charge in [-0.1, -0.05) is 11.6 Å². The van der Waals surface area contributed by atoms with Crippen LogP contribution in [0.4, 0.5) is 0 Å². The first kappa shape index (κ1) is 15.7. The standard InChI is InChI=1S/C17H16ClN5O2/c1-4-21-15(24)13-14(20(3)17(21)25)19-16-22(13)9-10(2)23(16)12-7-5-11(18)6-8-12/h5-9H,4H2,1-3H3. The first-order valence-corrected chi connectivity index (χ1v) is 8.27. The van der Waals surface area contributed by atoms with Crippen LogP contribution in [-0.4, -0.2) is 23.1 Å². The first-order chi connectivity index (χ1) is 11.9. The van der Waals surface area contributed by atoms with Gasteiger partial charge in [0.25, 0.3) is 5.56 Å². The Morgan fingerprint density at radius 1 is 1.16 bits per heavy atom. The van der Waals surface area contributed by atoms with Crippen LogP contribution in [0.2, 0.25) is 5.02 Å². The van der Waals surface area contributed by atoms with E-state index in [2.05, 4.69) is 4.98 Å². The molecule has 0 N–H and O–H groups in total. The molecule has 4 rings (SSSR count). The minimum atomic E-state index is -0.365. The third kappa shape index (κ3) is 2.09. The number of hydrogen-bond acceptors (Lipinski definition) is 3. The van der Waals surface area contributed by atoms with Crippen LogP contribution in [0.3, 0.4) is 0 Å². The zero-order valence-corrected chi connectivity index (χ0v) is 14.8. The van der Waals surface area contributed by atoms with Crippen LogP contribution in [0.15, 0.2) is 40.1 Å². The predicted molar refractivity (Wildman–Crippen MR) is 96.9 cm³/mol. The van der Waals surface area contributed by atoms with Crippen molar-refractivity contribution in [3.8, 4) is 5.69 Å². The van der Waals surface area contributed by atoms with Gasteiger partial charge in [0.1, 0.15) is 0 Å². The van der Waals surface area contributed by atoms with Crippen LogP contribution < -0.4 is 11.2 Å². The van der Waals surface area contributed by atoms with Crippen LogP contribution >= 0.6 is 11.6 Å². The normalized spacial score (nSPS) is 11.7. The fourth-order valence-corrected chi connectivity index (χ4v) is 3.32. The number of aromatic nitrogens is 5. The molecule has 8 heteroatoms. The summed E-state index contributed by atoms with van der Waals surface area (Å²) in [6.45, 7) is 4.03. The van der Waals surface area contributed by atoms with Crippen LogP contribution in [0.5, 0.6) is 0 Å². The van der Waals surface area contributed by atoms with Gasteiger partial charge in [-0.15, -0.1) is 0 Å². The summed E-state index contributed by atoms with van der Waals surface area (Å²) >= 11 is 5.98. The van der Waals surface area contributed by atoms with E-state index < -0.39 is 0 Å².